The number of para-hydroxylation sites is 1. The summed E-state index contributed by atoms with van der Waals surface area (Å²) in [5.74, 6) is -0.297. The van der Waals surface area contributed by atoms with Crippen LogP contribution in [0.4, 0.5) is 10.8 Å². The van der Waals surface area contributed by atoms with Crippen molar-refractivity contribution >= 4 is 66.8 Å². The minimum Gasteiger partial charge on any atom is -0.325 e. The first-order chi connectivity index (χ1) is 12.1. The summed E-state index contributed by atoms with van der Waals surface area (Å²) in [6.45, 7) is 2.40. The molecule has 0 saturated carbocycles. The number of amidine groups is 1. The number of thiazole rings is 1. The maximum Gasteiger partial charge on any atom is 0.242 e. The Kier molecular flexibility index (Phi) is 5.87. The normalized spacial score (nSPS) is 18.8. The Hall–Kier alpha value is -1.71. The molecule has 0 spiro atoms. The summed E-state index contributed by atoms with van der Waals surface area (Å²) < 4.78 is 0.801. The summed E-state index contributed by atoms with van der Waals surface area (Å²) in [5.41, 5.74) is 0.687. The van der Waals surface area contributed by atoms with Gasteiger partial charge in [-0.2, -0.15) is 4.99 Å². The van der Waals surface area contributed by atoms with Gasteiger partial charge in [-0.3, -0.25) is 14.5 Å². The van der Waals surface area contributed by atoms with Gasteiger partial charge in [-0.25, -0.2) is 4.98 Å². The highest BCUT2D eigenvalue weighted by molar-refractivity contribution is 9.10. The Labute approximate surface area is 161 Å². The molecule has 1 aliphatic heterocycles. The molecular weight excluding hydrogens is 424 g/mol. The number of anilines is 1. The fraction of sp³-hybridized carbons (Fsp3) is 0.250. The molecule has 1 aromatic carbocycles. The van der Waals surface area contributed by atoms with Crippen LogP contribution in [0.1, 0.15) is 13.3 Å². The Morgan fingerprint density at radius 3 is 2.92 bits per heavy atom. The molecule has 1 atom stereocenters. The molecule has 1 unspecified atom stereocenters. The molecular formula is C16H15BrN4O2S2. The lowest BCUT2D eigenvalue weighted by Gasteiger charge is -2.13. The molecule has 6 nitrogen and oxygen atoms in total. The van der Waals surface area contributed by atoms with E-state index in [0.717, 1.165) is 4.47 Å². The molecule has 2 amide bonds. The number of nitrogens with zero attached hydrogens (tertiary/aromatic N) is 3. The zero-order valence-corrected chi connectivity index (χ0v) is 16.5. The molecule has 1 fully saturated rings. The number of thioether (sulfide) groups is 1. The third kappa shape index (κ3) is 4.28. The third-order valence-corrected chi connectivity index (χ3v) is 6.00. The van der Waals surface area contributed by atoms with Gasteiger partial charge in [-0.1, -0.05) is 23.9 Å². The maximum absolute atomic E-state index is 12.5. The van der Waals surface area contributed by atoms with E-state index in [1.165, 1.54) is 23.1 Å². The van der Waals surface area contributed by atoms with Crippen LogP contribution in [0.15, 0.2) is 45.3 Å². The van der Waals surface area contributed by atoms with E-state index in [0.29, 0.717) is 22.5 Å². The fourth-order valence-corrected chi connectivity index (χ4v) is 4.45. The highest BCUT2D eigenvalue weighted by atomic mass is 79.9. The Bertz CT molecular complexity index is 810. The minimum absolute atomic E-state index is 0.0925. The van der Waals surface area contributed by atoms with E-state index >= 15 is 0 Å². The van der Waals surface area contributed by atoms with Gasteiger partial charge in [0, 0.05) is 29.0 Å². The summed E-state index contributed by atoms with van der Waals surface area (Å²) >= 11 is 6.11. The number of carbonyl (C=O) groups excluding carboxylic acids is 2. The van der Waals surface area contributed by atoms with Crippen LogP contribution in [0.5, 0.6) is 0 Å². The molecule has 2 aromatic rings. The first-order valence-electron chi connectivity index (χ1n) is 7.59. The predicted octanol–water partition coefficient (Wildman–Crippen LogP) is 3.89. The Balaban J connectivity index is 1.69. The summed E-state index contributed by atoms with van der Waals surface area (Å²) in [7, 11) is 0. The molecule has 9 heteroatoms. The predicted molar refractivity (Wildman–Crippen MR) is 105 cm³/mol. The lowest BCUT2D eigenvalue weighted by atomic mass is 10.2. The summed E-state index contributed by atoms with van der Waals surface area (Å²) in [6, 6.07) is 7.37. The standard InChI is InChI=1S/C16H15BrN4O2S2/c1-2-21-14(23)12(25-16(21)20-15-18-7-8-24-15)9-13(22)19-11-6-4-3-5-10(11)17/h3-8,12H,2,9H2,1H3,(H,19,22)/b20-16+. The monoisotopic (exact) mass is 438 g/mol. The molecule has 0 bridgehead atoms. The van der Waals surface area contributed by atoms with Crippen molar-refractivity contribution in [3.05, 3.63) is 40.3 Å². The number of amides is 2. The molecule has 0 radical (unpaired) electrons. The van der Waals surface area contributed by atoms with E-state index < -0.39 is 5.25 Å². The summed E-state index contributed by atoms with van der Waals surface area (Å²) in [6.07, 6.45) is 1.77. The van der Waals surface area contributed by atoms with Crippen molar-refractivity contribution in [2.24, 2.45) is 4.99 Å². The zero-order valence-electron chi connectivity index (χ0n) is 13.3. The van der Waals surface area contributed by atoms with Gasteiger partial charge in [-0.05, 0) is 35.0 Å². The van der Waals surface area contributed by atoms with Crippen molar-refractivity contribution in [2.75, 3.05) is 11.9 Å². The van der Waals surface area contributed by atoms with Crippen molar-refractivity contribution in [1.82, 2.24) is 9.88 Å². The van der Waals surface area contributed by atoms with Crippen LogP contribution in [0.25, 0.3) is 0 Å². The van der Waals surface area contributed by atoms with Gasteiger partial charge >= 0.3 is 0 Å². The Morgan fingerprint density at radius 2 is 2.24 bits per heavy atom. The van der Waals surface area contributed by atoms with Gasteiger partial charge in [0.25, 0.3) is 0 Å². The van der Waals surface area contributed by atoms with E-state index in [1.54, 1.807) is 17.2 Å². The second-order valence-corrected chi connectivity index (χ2v) is 8.03. The average molecular weight is 439 g/mol. The third-order valence-electron chi connectivity index (χ3n) is 3.47. The van der Waals surface area contributed by atoms with Crippen LogP contribution in [0, 0.1) is 0 Å². The molecule has 0 aliphatic carbocycles. The number of hydrogen-bond acceptors (Lipinski definition) is 6. The zero-order chi connectivity index (χ0) is 17.8. The molecule has 3 rings (SSSR count). The van der Waals surface area contributed by atoms with Crippen LogP contribution in [-0.2, 0) is 9.59 Å². The molecule has 25 heavy (non-hydrogen) atoms. The van der Waals surface area contributed by atoms with Gasteiger partial charge in [0.1, 0.15) is 5.25 Å². The minimum atomic E-state index is -0.471. The number of aromatic nitrogens is 1. The molecule has 130 valence electrons. The first kappa shape index (κ1) is 18.1. The number of halogens is 1. The van der Waals surface area contributed by atoms with Crippen LogP contribution in [0.3, 0.4) is 0 Å². The van der Waals surface area contributed by atoms with Crippen LogP contribution in [0.2, 0.25) is 0 Å². The highest BCUT2D eigenvalue weighted by Crippen LogP contribution is 2.32. The van der Waals surface area contributed by atoms with Crippen LogP contribution < -0.4 is 5.32 Å². The largest absolute Gasteiger partial charge is 0.325 e. The van der Waals surface area contributed by atoms with Crippen LogP contribution >= 0.6 is 39.0 Å². The highest BCUT2D eigenvalue weighted by Gasteiger charge is 2.38. The van der Waals surface area contributed by atoms with Crippen molar-refractivity contribution in [3.8, 4) is 0 Å². The quantitative estimate of drug-likeness (QED) is 0.767. The second kappa shape index (κ2) is 8.11. The molecule has 1 aromatic heterocycles. The maximum atomic E-state index is 12.5. The SMILES string of the molecule is CCN1C(=O)C(CC(=O)Nc2ccccc2Br)S/C1=N/c1nccs1. The number of aliphatic imine (C=N–C) groups is 1. The van der Waals surface area contributed by atoms with Crippen molar-refractivity contribution in [1.29, 1.82) is 0 Å². The van der Waals surface area contributed by atoms with Gasteiger partial charge < -0.3 is 5.32 Å². The van der Waals surface area contributed by atoms with E-state index in [1.807, 2.05) is 30.5 Å². The summed E-state index contributed by atoms with van der Waals surface area (Å²) in [5, 5.41) is 5.39. The summed E-state index contributed by atoms with van der Waals surface area (Å²) in [4.78, 5) is 35.0. The topological polar surface area (TPSA) is 74.7 Å². The fourth-order valence-electron chi connectivity index (χ4n) is 2.30. The van der Waals surface area contributed by atoms with Gasteiger partial charge in [-0.15, -0.1) is 11.3 Å². The Morgan fingerprint density at radius 1 is 1.44 bits per heavy atom. The van der Waals surface area contributed by atoms with Crippen molar-refractivity contribution < 1.29 is 9.59 Å². The molecule has 1 aliphatic rings. The van der Waals surface area contributed by atoms with Gasteiger partial charge in [0.05, 0.1) is 5.69 Å². The van der Waals surface area contributed by atoms with Gasteiger partial charge in [0.15, 0.2) is 5.17 Å². The number of benzene rings is 1. The number of rotatable bonds is 5. The van der Waals surface area contributed by atoms with E-state index in [2.05, 4.69) is 31.2 Å². The van der Waals surface area contributed by atoms with Gasteiger partial charge in [0.2, 0.25) is 16.9 Å². The van der Waals surface area contributed by atoms with Crippen molar-refractivity contribution in [2.45, 2.75) is 18.6 Å². The molecule has 1 saturated heterocycles. The van der Waals surface area contributed by atoms with E-state index in [9.17, 15) is 9.59 Å². The van der Waals surface area contributed by atoms with Crippen LogP contribution in [-0.4, -0.2) is 38.7 Å². The lowest BCUT2D eigenvalue weighted by Crippen LogP contribution is -2.33. The number of nitrogens with one attached hydrogen (secondary N) is 1. The first-order valence-corrected chi connectivity index (χ1v) is 10.1. The smallest absolute Gasteiger partial charge is 0.242 e. The number of carbonyl (C=O) groups is 2. The lowest BCUT2D eigenvalue weighted by molar-refractivity contribution is -0.128. The van der Waals surface area contributed by atoms with E-state index in [4.69, 9.17) is 0 Å². The second-order valence-electron chi connectivity index (χ2n) is 5.13. The molecule has 1 N–H and O–H groups in total. The van der Waals surface area contributed by atoms with E-state index in [-0.39, 0.29) is 18.2 Å². The average Bonchev–Trinajstić information content (AvgIpc) is 3.19. The molecule has 2 heterocycles. The van der Waals surface area contributed by atoms with Crippen molar-refractivity contribution in [3.63, 3.8) is 0 Å². The number of hydrogen-bond donors (Lipinski definition) is 1.